The molecule has 1 N–H and O–H groups in total. The average molecular weight is 311 g/mol. The minimum absolute atomic E-state index is 0.790. The van der Waals surface area contributed by atoms with Gasteiger partial charge in [0, 0.05) is 23.4 Å². The Labute approximate surface area is 135 Å². The quantitative estimate of drug-likeness (QED) is 0.848. The second kappa shape index (κ2) is 7.70. The molecule has 2 nitrogen and oxygen atoms in total. The van der Waals surface area contributed by atoms with Crippen LogP contribution in [0.1, 0.15) is 64.7 Å². The standard InChI is InChI=1S/C18H34N2S/c1-14-6-3-4-8-17(14)20-12-10-15(11-13-20)19-16-7-5-9-18(16)21-2/h14-19H,3-13H2,1-2H3. The zero-order valence-corrected chi connectivity index (χ0v) is 14.8. The molecule has 3 fully saturated rings. The van der Waals surface area contributed by atoms with Gasteiger partial charge in [-0.05, 0) is 63.8 Å². The Kier molecular flexibility index (Phi) is 5.92. The van der Waals surface area contributed by atoms with Gasteiger partial charge < -0.3 is 10.2 Å². The largest absolute Gasteiger partial charge is 0.310 e. The number of rotatable bonds is 4. The highest BCUT2D eigenvalue weighted by atomic mass is 32.2. The SMILES string of the molecule is CSC1CCCC1NC1CCN(C2CCCCC2C)CC1. The zero-order chi connectivity index (χ0) is 14.7. The van der Waals surface area contributed by atoms with Gasteiger partial charge in [-0.3, -0.25) is 0 Å². The van der Waals surface area contributed by atoms with Gasteiger partial charge in [0.05, 0.1) is 0 Å². The molecule has 3 heteroatoms. The van der Waals surface area contributed by atoms with E-state index in [1.807, 2.05) is 0 Å². The van der Waals surface area contributed by atoms with E-state index in [9.17, 15) is 0 Å². The predicted molar refractivity (Wildman–Crippen MR) is 94.1 cm³/mol. The molecule has 2 aliphatic carbocycles. The van der Waals surface area contributed by atoms with Crippen LogP contribution >= 0.6 is 11.8 Å². The summed E-state index contributed by atoms with van der Waals surface area (Å²) in [6.45, 7) is 5.16. The van der Waals surface area contributed by atoms with Gasteiger partial charge in [-0.2, -0.15) is 11.8 Å². The first kappa shape index (κ1) is 16.1. The van der Waals surface area contributed by atoms with Crippen molar-refractivity contribution in [2.24, 2.45) is 5.92 Å². The Bertz CT molecular complexity index is 314. The lowest BCUT2D eigenvalue weighted by Crippen LogP contribution is -2.51. The summed E-state index contributed by atoms with van der Waals surface area (Å²) in [5.41, 5.74) is 0. The Morgan fingerprint density at radius 1 is 0.905 bits per heavy atom. The second-order valence-electron chi connectivity index (χ2n) is 7.62. The fourth-order valence-corrected chi connectivity index (χ4v) is 5.88. The number of nitrogens with zero attached hydrogens (tertiary/aromatic N) is 1. The van der Waals surface area contributed by atoms with Crippen molar-refractivity contribution in [2.75, 3.05) is 19.3 Å². The third kappa shape index (κ3) is 3.97. The zero-order valence-electron chi connectivity index (χ0n) is 14.0. The van der Waals surface area contributed by atoms with Crippen LogP contribution in [-0.4, -0.2) is 47.6 Å². The molecule has 0 aromatic carbocycles. The minimum Gasteiger partial charge on any atom is -0.310 e. The van der Waals surface area contributed by atoms with Gasteiger partial charge in [0.25, 0.3) is 0 Å². The lowest BCUT2D eigenvalue weighted by atomic mass is 9.84. The summed E-state index contributed by atoms with van der Waals surface area (Å²) >= 11 is 2.08. The summed E-state index contributed by atoms with van der Waals surface area (Å²) in [5.74, 6) is 0.930. The van der Waals surface area contributed by atoms with Crippen LogP contribution in [0.25, 0.3) is 0 Å². The van der Waals surface area contributed by atoms with Crippen molar-refractivity contribution < 1.29 is 0 Å². The fourth-order valence-electron chi connectivity index (χ4n) is 4.94. The molecule has 1 aliphatic heterocycles. The van der Waals surface area contributed by atoms with Gasteiger partial charge in [0.1, 0.15) is 0 Å². The third-order valence-electron chi connectivity index (χ3n) is 6.27. The molecule has 4 unspecified atom stereocenters. The van der Waals surface area contributed by atoms with E-state index in [4.69, 9.17) is 0 Å². The van der Waals surface area contributed by atoms with E-state index in [1.54, 1.807) is 0 Å². The first-order chi connectivity index (χ1) is 10.3. The highest BCUT2D eigenvalue weighted by Crippen LogP contribution is 2.32. The van der Waals surface area contributed by atoms with Crippen LogP contribution in [0.3, 0.4) is 0 Å². The van der Waals surface area contributed by atoms with E-state index >= 15 is 0 Å². The summed E-state index contributed by atoms with van der Waals surface area (Å²) < 4.78 is 0. The van der Waals surface area contributed by atoms with E-state index in [-0.39, 0.29) is 0 Å². The molecular formula is C18H34N2S. The Morgan fingerprint density at radius 3 is 2.38 bits per heavy atom. The van der Waals surface area contributed by atoms with Gasteiger partial charge in [-0.1, -0.05) is 26.2 Å². The Hall–Kier alpha value is 0.270. The number of nitrogens with one attached hydrogen (secondary N) is 1. The van der Waals surface area contributed by atoms with Gasteiger partial charge >= 0.3 is 0 Å². The first-order valence-corrected chi connectivity index (χ1v) is 10.6. The smallest absolute Gasteiger partial charge is 0.0198 e. The van der Waals surface area contributed by atoms with Crippen molar-refractivity contribution in [1.82, 2.24) is 10.2 Å². The summed E-state index contributed by atoms with van der Waals surface area (Å²) in [6, 6.07) is 2.48. The van der Waals surface area contributed by atoms with E-state index in [0.717, 1.165) is 29.3 Å². The van der Waals surface area contributed by atoms with Crippen LogP contribution in [-0.2, 0) is 0 Å². The van der Waals surface area contributed by atoms with Crippen molar-refractivity contribution >= 4 is 11.8 Å². The van der Waals surface area contributed by atoms with Crippen molar-refractivity contribution in [3.8, 4) is 0 Å². The van der Waals surface area contributed by atoms with Gasteiger partial charge in [-0.25, -0.2) is 0 Å². The Balaban J connectivity index is 1.44. The lowest BCUT2D eigenvalue weighted by Gasteiger charge is -2.43. The molecule has 1 saturated heterocycles. The monoisotopic (exact) mass is 310 g/mol. The first-order valence-electron chi connectivity index (χ1n) is 9.31. The molecule has 4 atom stereocenters. The van der Waals surface area contributed by atoms with Crippen molar-refractivity contribution in [1.29, 1.82) is 0 Å². The maximum atomic E-state index is 4.01. The molecule has 0 radical (unpaired) electrons. The molecule has 3 rings (SSSR count). The lowest BCUT2D eigenvalue weighted by molar-refractivity contribution is 0.0799. The van der Waals surface area contributed by atoms with Crippen LogP contribution in [0, 0.1) is 5.92 Å². The van der Waals surface area contributed by atoms with E-state index in [2.05, 4.69) is 35.2 Å². The number of hydrogen-bond donors (Lipinski definition) is 1. The summed E-state index contributed by atoms with van der Waals surface area (Å²) in [5, 5.41) is 4.88. The van der Waals surface area contributed by atoms with Crippen LogP contribution in [0.15, 0.2) is 0 Å². The van der Waals surface area contributed by atoms with Crippen LogP contribution in [0.5, 0.6) is 0 Å². The van der Waals surface area contributed by atoms with Crippen molar-refractivity contribution in [3.63, 3.8) is 0 Å². The van der Waals surface area contributed by atoms with Crippen molar-refractivity contribution in [3.05, 3.63) is 0 Å². The molecule has 0 spiro atoms. The molecule has 122 valence electrons. The van der Waals surface area contributed by atoms with Crippen molar-refractivity contribution in [2.45, 2.75) is 88.1 Å². The van der Waals surface area contributed by atoms with E-state index < -0.39 is 0 Å². The van der Waals surface area contributed by atoms with Gasteiger partial charge in [0.2, 0.25) is 0 Å². The Morgan fingerprint density at radius 2 is 1.67 bits per heavy atom. The van der Waals surface area contributed by atoms with Crippen LogP contribution in [0.4, 0.5) is 0 Å². The van der Waals surface area contributed by atoms with Crippen LogP contribution in [0.2, 0.25) is 0 Å². The average Bonchev–Trinajstić information content (AvgIpc) is 2.96. The molecule has 0 amide bonds. The predicted octanol–water partition coefficient (Wildman–Crippen LogP) is 3.90. The van der Waals surface area contributed by atoms with Crippen LogP contribution < -0.4 is 5.32 Å². The molecule has 0 aromatic heterocycles. The minimum atomic E-state index is 0.790. The summed E-state index contributed by atoms with van der Waals surface area (Å²) in [7, 11) is 0. The molecule has 2 saturated carbocycles. The summed E-state index contributed by atoms with van der Waals surface area (Å²) in [6.07, 6.45) is 15.2. The normalized spacial score (nSPS) is 39.7. The van der Waals surface area contributed by atoms with E-state index in [0.29, 0.717) is 0 Å². The molecular weight excluding hydrogens is 276 g/mol. The van der Waals surface area contributed by atoms with E-state index in [1.165, 1.54) is 70.9 Å². The highest BCUT2D eigenvalue weighted by Gasteiger charge is 2.32. The number of hydrogen-bond acceptors (Lipinski definition) is 3. The molecule has 21 heavy (non-hydrogen) atoms. The summed E-state index contributed by atoms with van der Waals surface area (Å²) in [4.78, 5) is 2.82. The highest BCUT2D eigenvalue weighted by molar-refractivity contribution is 7.99. The molecule has 0 aromatic rings. The third-order valence-corrected chi connectivity index (χ3v) is 7.44. The fraction of sp³-hybridized carbons (Fsp3) is 1.00. The molecule has 3 aliphatic rings. The topological polar surface area (TPSA) is 15.3 Å². The molecule has 0 bridgehead atoms. The maximum absolute atomic E-state index is 4.01. The van der Waals surface area contributed by atoms with Gasteiger partial charge in [0.15, 0.2) is 0 Å². The number of likely N-dealkylation sites (tertiary alicyclic amines) is 1. The molecule has 1 heterocycles. The number of thioether (sulfide) groups is 1. The van der Waals surface area contributed by atoms with Gasteiger partial charge in [-0.15, -0.1) is 0 Å². The number of piperidine rings is 1. The second-order valence-corrected chi connectivity index (χ2v) is 8.69. The maximum Gasteiger partial charge on any atom is 0.0198 e.